The first-order valence-electron chi connectivity index (χ1n) is 6.89. The molecule has 0 bridgehead atoms. The molecule has 1 aliphatic rings. The van der Waals surface area contributed by atoms with Gasteiger partial charge in [-0.2, -0.15) is 13.2 Å². The molecular weight excluding hydrogens is 325 g/mol. The smallest absolute Gasteiger partial charge is 0.417 e. The highest BCUT2D eigenvalue weighted by atomic mass is 19.4. The molecule has 2 N–H and O–H groups in total. The van der Waals surface area contributed by atoms with E-state index in [1.165, 1.54) is 30.3 Å². The number of anilines is 2. The number of alkyl halides is 3. The minimum atomic E-state index is -4.63. The number of hydrogen-bond acceptors (Lipinski definition) is 3. The fraction of sp³-hybridized carbons (Fsp3) is 0.125. The topological polar surface area (TPSA) is 67.4 Å². The van der Waals surface area contributed by atoms with E-state index < -0.39 is 23.2 Å². The Morgan fingerprint density at radius 1 is 1.17 bits per heavy atom. The van der Waals surface area contributed by atoms with E-state index in [1.54, 1.807) is 0 Å². The van der Waals surface area contributed by atoms with Crippen LogP contribution in [-0.2, 0) is 11.0 Å². The summed E-state index contributed by atoms with van der Waals surface area (Å²) in [6, 6.07) is 8.92. The van der Waals surface area contributed by atoms with Gasteiger partial charge in [0.2, 0.25) is 0 Å². The number of fused-ring (bicyclic) bond motifs is 1. The van der Waals surface area contributed by atoms with Crippen LogP contribution in [0.25, 0.3) is 0 Å². The van der Waals surface area contributed by atoms with Crippen LogP contribution in [0, 0.1) is 0 Å². The number of carbonyl (C=O) groups is 2. The molecule has 1 heterocycles. The largest absolute Gasteiger partial charge is 0.482 e. The normalized spacial score (nSPS) is 13.5. The van der Waals surface area contributed by atoms with Crippen molar-refractivity contribution in [3.63, 3.8) is 0 Å². The van der Waals surface area contributed by atoms with E-state index in [0.717, 1.165) is 12.1 Å². The molecule has 2 aromatic rings. The maximum absolute atomic E-state index is 13.0. The Hall–Kier alpha value is -3.03. The summed E-state index contributed by atoms with van der Waals surface area (Å²) < 4.78 is 44.1. The van der Waals surface area contributed by atoms with Gasteiger partial charge in [-0.3, -0.25) is 9.59 Å². The van der Waals surface area contributed by atoms with E-state index >= 15 is 0 Å². The molecule has 0 fully saturated rings. The van der Waals surface area contributed by atoms with Crippen LogP contribution in [0.5, 0.6) is 5.75 Å². The Kier molecular flexibility index (Phi) is 3.88. The number of nitrogens with one attached hydrogen (secondary N) is 2. The Balaban J connectivity index is 1.85. The summed E-state index contributed by atoms with van der Waals surface area (Å²) in [7, 11) is 0. The van der Waals surface area contributed by atoms with Crippen molar-refractivity contribution < 1.29 is 27.5 Å². The quantitative estimate of drug-likeness (QED) is 0.884. The van der Waals surface area contributed by atoms with Crippen molar-refractivity contribution in [1.29, 1.82) is 0 Å². The van der Waals surface area contributed by atoms with E-state index in [-0.39, 0.29) is 18.2 Å². The van der Waals surface area contributed by atoms with Gasteiger partial charge in [-0.25, -0.2) is 0 Å². The molecular formula is C16H11F3N2O3. The molecule has 0 spiro atoms. The van der Waals surface area contributed by atoms with Crippen LogP contribution < -0.4 is 15.4 Å². The van der Waals surface area contributed by atoms with Crippen LogP contribution in [0.15, 0.2) is 42.5 Å². The van der Waals surface area contributed by atoms with E-state index in [9.17, 15) is 22.8 Å². The van der Waals surface area contributed by atoms with Gasteiger partial charge in [0.15, 0.2) is 6.61 Å². The molecule has 0 aliphatic carbocycles. The van der Waals surface area contributed by atoms with Gasteiger partial charge in [0.25, 0.3) is 11.8 Å². The van der Waals surface area contributed by atoms with Gasteiger partial charge in [0, 0.05) is 11.8 Å². The predicted octanol–water partition coefficient (Wildman–Crippen LogP) is 3.29. The third-order valence-electron chi connectivity index (χ3n) is 3.35. The molecule has 124 valence electrons. The minimum Gasteiger partial charge on any atom is -0.482 e. The van der Waals surface area contributed by atoms with Gasteiger partial charge in [-0.1, -0.05) is 12.1 Å². The van der Waals surface area contributed by atoms with Gasteiger partial charge in [0.1, 0.15) is 5.75 Å². The molecule has 24 heavy (non-hydrogen) atoms. The highest BCUT2D eigenvalue weighted by Gasteiger charge is 2.34. The SMILES string of the molecule is O=C1COc2cc(NC(=O)c3ccccc3C(F)(F)F)ccc2N1. The van der Waals surface area contributed by atoms with Gasteiger partial charge < -0.3 is 15.4 Å². The molecule has 5 nitrogen and oxygen atoms in total. The Morgan fingerprint density at radius 2 is 1.92 bits per heavy atom. The van der Waals surface area contributed by atoms with E-state index in [2.05, 4.69) is 10.6 Å². The van der Waals surface area contributed by atoms with Crippen LogP contribution >= 0.6 is 0 Å². The average molecular weight is 336 g/mol. The second-order valence-electron chi connectivity index (χ2n) is 5.05. The summed E-state index contributed by atoms with van der Waals surface area (Å²) >= 11 is 0. The Morgan fingerprint density at radius 3 is 2.67 bits per heavy atom. The Labute approximate surface area is 134 Å². The first-order chi connectivity index (χ1) is 11.3. The lowest BCUT2D eigenvalue weighted by atomic mass is 10.1. The fourth-order valence-corrected chi connectivity index (χ4v) is 2.28. The Bertz CT molecular complexity index is 818. The van der Waals surface area contributed by atoms with E-state index in [4.69, 9.17) is 4.74 Å². The molecule has 0 unspecified atom stereocenters. The second-order valence-corrected chi connectivity index (χ2v) is 5.05. The van der Waals surface area contributed by atoms with Crippen molar-refractivity contribution in [1.82, 2.24) is 0 Å². The third kappa shape index (κ3) is 3.17. The summed E-state index contributed by atoms with van der Waals surface area (Å²) in [5.74, 6) is -0.863. The molecule has 3 rings (SSSR count). The van der Waals surface area contributed by atoms with Crippen LogP contribution in [0.1, 0.15) is 15.9 Å². The summed E-state index contributed by atoms with van der Waals surface area (Å²) in [5, 5.41) is 4.98. The molecule has 8 heteroatoms. The fourth-order valence-electron chi connectivity index (χ4n) is 2.28. The lowest BCUT2D eigenvalue weighted by molar-refractivity contribution is -0.137. The third-order valence-corrected chi connectivity index (χ3v) is 3.35. The van der Waals surface area contributed by atoms with Crippen molar-refractivity contribution in [2.45, 2.75) is 6.18 Å². The van der Waals surface area contributed by atoms with Crippen molar-refractivity contribution in [2.75, 3.05) is 17.2 Å². The maximum atomic E-state index is 13.0. The van der Waals surface area contributed by atoms with Crippen molar-refractivity contribution in [3.8, 4) is 5.75 Å². The standard InChI is InChI=1S/C16H11F3N2O3/c17-16(18,19)11-4-2-1-3-10(11)15(23)20-9-5-6-12-13(7-9)24-8-14(22)21-12/h1-7H,8H2,(H,20,23)(H,21,22). The van der Waals surface area contributed by atoms with Crippen LogP contribution in [0.4, 0.5) is 24.5 Å². The first-order valence-corrected chi connectivity index (χ1v) is 6.89. The summed E-state index contributed by atoms with van der Waals surface area (Å²) in [6.07, 6.45) is -4.63. The van der Waals surface area contributed by atoms with Crippen LogP contribution in [-0.4, -0.2) is 18.4 Å². The second kappa shape index (κ2) is 5.88. The summed E-state index contributed by atoms with van der Waals surface area (Å²) in [4.78, 5) is 23.4. The van der Waals surface area contributed by atoms with Crippen LogP contribution in [0.2, 0.25) is 0 Å². The van der Waals surface area contributed by atoms with Crippen molar-refractivity contribution in [2.24, 2.45) is 0 Å². The van der Waals surface area contributed by atoms with E-state index in [0.29, 0.717) is 11.4 Å². The number of halogens is 3. The number of hydrogen-bond donors (Lipinski definition) is 2. The predicted molar refractivity (Wildman–Crippen MR) is 80.0 cm³/mol. The molecule has 1 aliphatic heterocycles. The molecule has 0 atom stereocenters. The number of amides is 2. The number of ether oxygens (including phenoxy) is 1. The molecule has 0 saturated heterocycles. The average Bonchev–Trinajstić information content (AvgIpc) is 2.54. The molecule has 0 saturated carbocycles. The molecule has 0 radical (unpaired) electrons. The van der Waals surface area contributed by atoms with E-state index in [1.807, 2.05) is 0 Å². The lowest BCUT2D eigenvalue weighted by Gasteiger charge is -2.19. The van der Waals surface area contributed by atoms with Crippen LogP contribution in [0.3, 0.4) is 0 Å². The highest BCUT2D eigenvalue weighted by Crippen LogP contribution is 2.33. The van der Waals surface area contributed by atoms with Gasteiger partial charge >= 0.3 is 6.18 Å². The number of carbonyl (C=O) groups excluding carboxylic acids is 2. The zero-order valence-corrected chi connectivity index (χ0v) is 12.1. The molecule has 2 aromatic carbocycles. The molecule has 0 aromatic heterocycles. The van der Waals surface area contributed by atoms with Crippen molar-refractivity contribution >= 4 is 23.2 Å². The first kappa shape index (κ1) is 15.9. The minimum absolute atomic E-state index is 0.165. The van der Waals surface area contributed by atoms with Gasteiger partial charge in [-0.15, -0.1) is 0 Å². The zero-order valence-electron chi connectivity index (χ0n) is 12.1. The summed E-state index contributed by atoms with van der Waals surface area (Å²) in [6.45, 7) is -0.165. The lowest BCUT2D eigenvalue weighted by Crippen LogP contribution is -2.25. The molecule has 2 amide bonds. The summed E-state index contributed by atoms with van der Waals surface area (Å²) in [5.41, 5.74) is -0.798. The van der Waals surface area contributed by atoms with Gasteiger partial charge in [0.05, 0.1) is 16.8 Å². The zero-order chi connectivity index (χ0) is 17.3. The maximum Gasteiger partial charge on any atom is 0.417 e. The highest BCUT2D eigenvalue weighted by molar-refractivity contribution is 6.06. The van der Waals surface area contributed by atoms with Crippen molar-refractivity contribution in [3.05, 3.63) is 53.6 Å². The number of benzene rings is 2. The number of rotatable bonds is 2. The van der Waals surface area contributed by atoms with Gasteiger partial charge in [-0.05, 0) is 24.3 Å². The monoisotopic (exact) mass is 336 g/mol.